The van der Waals surface area contributed by atoms with E-state index >= 15 is 0 Å². The van der Waals surface area contributed by atoms with Crippen LogP contribution >= 0.6 is 0 Å². The number of nitrogens with two attached hydrogens (primary N) is 1. The zero-order valence-electron chi connectivity index (χ0n) is 12.9. The third-order valence-electron chi connectivity index (χ3n) is 4.10. The number of anilines is 1. The van der Waals surface area contributed by atoms with Crippen molar-refractivity contribution in [3.05, 3.63) is 23.8 Å². The quantitative estimate of drug-likeness (QED) is 0.778. The molecule has 0 radical (unpaired) electrons. The Bertz CT molecular complexity index is 658. The number of carbonyl (C=O) groups excluding carboxylic acids is 1. The molecule has 2 rings (SSSR count). The second-order valence-corrected chi connectivity index (χ2v) is 7.66. The van der Waals surface area contributed by atoms with Gasteiger partial charge in [0.15, 0.2) is 0 Å². The van der Waals surface area contributed by atoms with Crippen LogP contribution in [0.25, 0.3) is 0 Å². The summed E-state index contributed by atoms with van der Waals surface area (Å²) in [5.74, 6) is -0.193. The van der Waals surface area contributed by atoms with E-state index in [1.807, 2.05) is 0 Å². The highest BCUT2D eigenvalue weighted by molar-refractivity contribution is 7.89. The largest absolute Gasteiger partial charge is 0.328 e. The van der Waals surface area contributed by atoms with Crippen molar-refractivity contribution in [1.82, 2.24) is 4.72 Å². The van der Waals surface area contributed by atoms with E-state index in [0.29, 0.717) is 17.7 Å². The van der Waals surface area contributed by atoms with E-state index in [1.165, 1.54) is 13.1 Å². The lowest BCUT2D eigenvalue weighted by Crippen LogP contribution is -2.34. The number of rotatable bonds is 4. The van der Waals surface area contributed by atoms with Gasteiger partial charge in [-0.05, 0) is 50.9 Å². The number of nitrogens with one attached hydrogen (secondary N) is 2. The van der Waals surface area contributed by atoms with E-state index in [0.717, 1.165) is 19.3 Å². The summed E-state index contributed by atoms with van der Waals surface area (Å²) >= 11 is 0. The Kier molecular flexibility index (Phi) is 5.20. The van der Waals surface area contributed by atoms with Crippen molar-refractivity contribution < 1.29 is 13.2 Å². The molecule has 1 aliphatic rings. The van der Waals surface area contributed by atoms with Gasteiger partial charge < -0.3 is 11.1 Å². The van der Waals surface area contributed by atoms with Gasteiger partial charge in [0.25, 0.3) is 0 Å². The van der Waals surface area contributed by atoms with Crippen LogP contribution < -0.4 is 15.8 Å². The molecule has 1 aliphatic carbocycles. The Morgan fingerprint density at radius 2 is 2.05 bits per heavy atom. The van der Waals surface area contributed by atoms with Gasteiger partial charge in [0.1, 0.15) is 0 Å². The first kappa shape index (κ1) is 16.9. The van der Waals surface area contributed by atoms with Crippen molar-refractivity contribution in [3.8, 4) is 0 Å². The molecule has 1 aromatic rings. The summed E-state index contributed by atoms with van der Waals surface area (Å²) in [5, 5.41) is 2.81. The van der Waals surface area contributed by atoms with E-state index < -0.39 is 10.0 Å². The molecule has 1 fully saturated rings. The van der Waals surface area contributed by atoms with Crippen LogP contribution in [0.4, 0.5) is 5.69 Å². The first-order chi connectivity index (χ1) is 10.3. The molecular formula is C15H23N3O3S. The fourth-order valence-electron chi connectivity index (χ4n) is 2.79. The molecule has 7 heteroatoms. The molecule has 22 heavy (non-hydrogen) atoms. The molecule has 1 saturated carbocycles. The summed E-state index contributed by atoms with van der Waals surface area (Å²) in [6.07, 6.45) is 3.41. The number of amides is 1. The van der Waals surface area contributed by atoms with Crippen molar-refractivity contribution in [3.63, 3.8) is 0 Å². The van der Waals surface area contributed by atoms with Gasteiger partial charge in [0.2, 0.25) is 15.9 Å². The lowest BCUT2D eigenvalue weighted by Gasteiger charge is -2.25. The minimum absolute atomic E-state index is 0.0720. The van der Waals surface area contributed by atoms with E-state index in [1.54, 1.807) is 19.1 Å². The lowest BCUT2D eigenvalue weighted by atomic mass is 9.85. The average Bonchev–Trinajstić information content (AvgIpc) is 2.49. The summed E-state index contributed by atoms with van der Waals surface area (Å²) in [4.78, 5) is 12.5. The van der Waals surface area contributed by atoms with Crippen LogP contribution in [0, 0.1) is 12.8 Å². The third kappa shape index (κ3) is 3.85. The van der Waals surface area contributed by atoms with Crippen molar-refractivity contribution in [1.29, 1.82) is 0 Å². The topological polar surface area (TPSA) is 101 Å². The molecule has 0 bridgehead atoms. The van der Waals surface area contributed by atoms with Gasteiger partial charge in [-0.1, -0.05) is 12.5 Å². The van der Waals surface area contributed by atoms with Gasteiger partial charge in [-0.15, -0.1) is 0 Å². The van der Waals surface area contributed by atoms with E-state index in [-0.39, 0.29) is 22.8 Å². The van der Waals surface area contributed by atoms with Gasteiger partial charge in [-0.2, -0.15) is 0 Å². The number of benzene rings is 1. The minimum Gasteiger partial charge on any atom is -0.328 e. The Morgan fingerprint density at radius 1 is 1.32 bits per heavy atom. The maximum absolute atomic E-state index is 12.3. The Morgan fingerprint density at radius 3 is 2.68 bits per heavy atom. The molecule has 4 N–H and O–H groups in total. The first-order valence-electron chi connectivity index (χ1n) is 7.44. The van der Waals surface area contributed by atoms with Crippen LogP contribution in [-0.2, 0) is 14.8 Å². The number of hydrogen-bond acceptors (Lipinski definition) is 4. The summed E-state index contributed by atoms with van der Waals surface area (Å²) in [7, 11) is -2.18. The number of carbonyl (C=O) groups is 1. The molecule has 0 heterocycles. The maximum atomic E-state index is 12.3. The molecule has 122 valence electrons. The minimum atomic E-state index is -3.54. The number of aryl methyl sites for hydroxylation is 1. The van der Waals surface area contributed by atoms with Crippen LogP contribution in [0.3, 0.4) is 0 Å². The molecule has 2 atom stereocenters. The van der Waals surface area contributed by atoms with E-state index in [9.17, 15) is 13.2 Å². The Balaban J connectivity index is 2.16. The van der Waals surface area contributed by atoms with Crippen molar-refractivity contribution in [2.75, 3.05) is 12.4 Å². The zero-order valence-corrected chi connectivity index (χ0v) is 13.7. The average molecular weight is 325 g/mol. The van der Waals surface area contributed by atoms with Gasteiger partial charge >= 0.3 is 0 Å². The molecule has 0 spiro atoms. The van der Waals surface area contributed by atoms with Crippen molar-refractivity contribution >= 4 is 21.6 Å². The van der Waals surface area contributed by atoms with E-state index in [4.69, 9.17) is 5.73 Å². The third-order valence-corrected chi connectivity index (χ3v) is 5.66. The molecule has 0 aliphatic heterocycles. The monoisotopic (exact) mass is 325 g/mol. The molecule has 2 unspecified atom stereocenters. The number of sulfonamides is 1. The summed E-state index contributed by atoms with van der Waals surface area (Å²) in [6, 6.07) is 4.96. The van der Waals surface area contributed by atoms with E-state index in [2.05, 4.69) is 10.0 Å². The molecule has 6 nitrogen and oxygen atoms in total. The van der Waals surface area contributed by atoms with Gasteiger partial charge in [-0.25, -0.2) is 13.1 Å². The molecule has 0 aromatic heterocycles. The van der Waals surface area contributed by atoms with Crippen LogP contribution in [0.2, 0.25) is 0 Å². The van der Waals surface area contributed by atoms with Crippen LogP contribution in [0.1, 0.15) is 31.2 Å². The molecular weight excluding hydrogens is 302 g/mol. The van der Waals surface area contributed by atoms with Crippen LogP contribution in [0.5, 0.6) is 0 Å². The fourth-order valence-corrected chi connectivity index (χ4v) is 3.78. The Hall–Kier alpha value is -1.44. The highest BCUT2D eigenvalue weighted by atomic mass is 32.2. The smallest absolute Gasteiger partial charge is 0.240 e. The molecule has 1 aromatic carbocycles. The predicted octanol–water partition coefficient (Wildman–Crippen LogP) is 1.36. The maximum Gasteiger partial charge on any atom is 0.240 e. The summed E-state index contributed by atoms with van der Waals surface area (Å²) in [5.41, 5.74) is 7.03. The number of hydrogen-bond donors (Lipinski definition) is 3. The summed E-state index contributed by atoms with van der Waals surface area (Å²) < 4.78 is 26.2. The Labute approximate surface area is 131 Å². The predicted molar refractivity (Wildman–Crippen MR) is 86.0 cm³/mol. The lowest BCUT2D eigenvalue weighted by molar-refractivity contribution is -0.120. The van der Waals surface area contributed by atoms with Crippen molar-refractivity contribution in [2.24, 2.45) is 11.7 Å². The fraction of sp³-hybridized carbons (Fsp3) is 0.533. The van der Waals surface area contributed by atoms with Gasteiger partial charge in [-0.3, -0.25) is 4.79 Å². The highest BCUT2D eigenvalue weighted by Gasteiger charge is 2.25. The normalized spacial score (nSPS) is 22.3. The van der Waals surface area contributed by atoms with Crippen LogP contribution in [0.15, 0.2) is 23.1 Å². The second-order valence-electron chi connectivity index (χ2n) is 5.80. The van der Waals surface area contributed by atoms with Crippen molar-refractivity contribution in [2.45, 2.75) is 43.5 Å². The standard InChI is InChI=1S/C15H23N3O3S/c1-10-6-7-13(9-14(10)22(20,21)17-2)18-15(19)11-4-3-5-12(16)8-11/h6-7,9,11-12,17H,3-5,8,16H2,1-2H3,(H,18,19). The molecule has 0 saturated heterocycles. The van der Waals surface area contributed by atoms with Crippen LogP contribution in [-0.4, -0.2) is 27.4 Å². The first-order valence-corrected chi connectivity index (χ1v) is 8.92. The SMILES string of the molecule is CNS(=O)(=O)c1cc(NC(=O)C2CCCC(N)C2)ccc1C. The highest BCUT2D eigenvalue weighted by Crippen LogP contribution is 2.25. The van der Waals surface area contributed by atoms with Gasteiger partial charge in [0, 0.05) is 17.6 Å². The molecule has 1 amide bonds. The summed E-state index contributed by atoms with van der Waals surface area (Å²) in [6.45, 7) is 1.72. The second kappa shape index (κ2) is 6.76. The van der Waals surface area contributed by atoms with Gasteiger partial charge in [0.05, 0.1) is 4.90 Å². The zero-order chi connectivity index (χ0) is 16.3.